The molecule has 0 spiro atoms. The van der Waals surface area contributed by atoms with Gasteiger partial charge in [0, 0.05) is 52.0 Å². The van der Waals surface area contributed by atoms with Crippen molar-refractivity contribution in [2.45, 2.75) is 166 Å². The molecule has 0 radical (unpaired) electrons. The summed E-state index contributed by atoms with van der Waals surface area (Å²) in [6.07, 6.45) is 5.16. The molecular weight excluding hydrogens is 742 g/mol. The number of nitrogens with zero attached hydrogens (tertiary/aromatic N) is 1. The number of rotatable bonds is 6. The molecule has 2 bridgehead atoms. The number of allylic oxidation sites excluding steroid dienone is 3. The summed E-state index contributed by atoms with van der Waals surface area (Å²) in [5, 5.41) is 23.6. The van der Waals surface area contributed by atoms with E-state index in [0.717, 1.165) is 18.4 Å². The second-order valence-electron chi connectivity index (χ2n) is 17.1. The topological polar surface area (TPSA) is 158 Å². The third-order valence-corrected chi connectivity index (χ3v) is 13.3. The quantitative estimate of drug-likeness (QED) is 0.146. The zero-order valence-electron chi connectivity index (χ0n) is 35.0. The Morgan fingerprint density at radius 3 is 2.27 bits per heavy atom. The van der Waals surface area contributed by atoms with Crippen LogP contribution in [0.5, 0.6) is 0 Å². The van der Waals surface area contributed by atoms with E-state index >= 15 is 0 Å². The number of alkyl halides is 1. The highest BCUT2D eigenvalue weighted by molar-refractivity contribution is 6.39. The van der Waals surface area contributed by atoms with Crippen LogP contribution in [0.4, 0.5) is 0 Å². The molecule has 2 N–H and O–H groups in total. The smallest absolute Gasteiger partial charge is 0.329 e. The number of aliphatic hydroxyl groups is 2. The highest BCUT2D eigenvalue weighted by Gasteiger charge is 2.56. The standard InChI is InChI=1S/C43H68ClNO11/c1-10-30-18-24(2)17-25(3)19-36(53-8)39-37(54-9)21-27(5)43(51,56-39)40(48)41(49)45-16-12-11-13-32(45)42(50)55-38(28(6)33(46)23-34(30)47)26(4)20-29-14-15-31(44)35(22-29)52-7/h18,20,25,27-33,35-39,46,51H,10-17,19,21-23H2,1-9H3/t25-,27+,28+,29-,30+,31-,32+,33-,35+,36-,37+,38+,39+,43+/m0/s1. The number of methoxy groups -OCH3 is 3. The van der Waals surface area contributed by atoms with E-state index in [9.17, 15) is 29.4 Å². The molecule has 0 aromatic rings. The van der Waals surface area contributed by atoms with Crippen molar-refractivity contribution in [2.75, 3.05) is 27.9 Å². The van der Waals surface area contributed by atoms with Crippen molar-refractivity contribution in [3.05, 3.63) is 23.3 Å². The van der Waals surface area contributed by atoms with Crippen LogP contribution < -0.4 is 0 Å². The molecule has 0 aromatic carbocycles. The Morgan fingerprint density at radius 1 is 0.964 bits per heavy atom. The maximum atomic E-state index is 14.3. The van der Waals surface area contributed by atoms with Gasteiger partial charge in [-0.05, 0) is 95.5 Å². The number of esters is 1. The first-order valence-corrected chi connectivity index (χ1v) is 21.2. The van der Waals surface area contributed by atoms with Gasteiger partial charge in [0.15, 0.2) is 0 Å². The molecule has 1 amide bonds. The summed E-state index contributed by atoms with van der Waals surface area (Å²) in [6.45, 7) is 11.3. The third-order valence-electron chi connectivity index (χ3n) is 12.8. The second-order valence-corrected chi connectivity index (χ2v) is 17.7. The van der Waals surface area contributed by atoms with Crippen molar-refractivity contribution >= 4 is 35.0 Å². The first kappa shape index (κ1) is 46.5. The highest BCUT2D eigenvalue weighted by Crippen LogP contribution is 2.39. The molecule has 3 aliphatic heterocycles. The Balaban J connectivity index is 1.76. The van der Waals surface area contributed by atoms with Crippen LogP contribution >= 0.6 is 11.6 Å². The molecule has 4 rings (SSSR count). The Kier molecular flexibility index (Phi) is 17.2. The number of piperidine rings is 1. The number of fused-ring (bicyclic) bond motifs is 3. The zero-order chi connectivity index (χ0) is 41.5. The highest BCUT2D eigenvalue weighted by atomic mass is 35.5. The molecular formula is C43H68ClNO11. The summed E-state index contributed by atoms with van der Waals surface area (Å²) in [5.74, 6) is -7.31. The predicted octanol–water partition coefficient (Wildman–Crippen LogP) is 5.72. The molecule has 3 heterocycles. The number of carbonyl (C=O) groups excluding carboxylic acids is 4. The monoisotopic (exact) mass is 809 g/mol. The lowest BCUT2D eigenvalue weighted by Gasteiger charge is -2.47. The van der Waals surface area contributed by atoms with Crippen molar-refractivity contribution in [3.8, 4) is 0 Å². The first-order valence-electron chi connectivity index (χ1n) is 20.7. The van der Waals surface area contributed by atoms with Gasteiger partial charge in [-0.2, -0.15) is 0 Å². The third kappa shape index (κ3) is 10.9. The van der Waals surface area contributed by atoms with Crippen molar-refractivity contribution in [1.82, 2.24) is 4.90 Å². The lowest BCUT2D eigenvalue weighted by molar-refractivity contribution is -0.302. The second kappa shape index (κ2) is 20.7. The maximum Gasteiger partial charge on any atom is 0.329 e. The zero-order valence-corrected chi connectivity index (χ0v) is 35.8. The maximum absolute atomic E-state index is 14.3. The molecule has 2 saturated heterocycles. The fourth-order valence-electron chi connectivity index (χ4n) is 9.36. The summed E-state index contributed by atoms with van der Waals surface area (Å²) < 4.78 is 29.9. The number of cyclic esters (lactones) is 1. The van der Waals surface area contributed by atoms with E-state index in [2.05, 4.69) is 6.92 Å². The minimum absolute atomic E-state index is 0.0425. The molecule has 12 nitrogen and oxygen atoms in total. The molecule has 4 aliphatic rings. The van der Waals surface area contributed by atoms with Gasteiger partial charge >= 0.3 is 5.97 Å². The molecule has 13 heteroatoms. The minimum Gasteiger partial charge on any atom is -0.456 e. The number of hydrogen-bond acceptors (Lipinski definition) is 11. The van der Waals surface area contributed by atoms with Crippen molar-refractivity contribution in [3.63, 3.8) is 0 Å². The molecule has 318 valence electrons. The van der Waals surface area contributed by atoms with Crippen LogP contribution in [0.25, 0.3) is 0 Å². The van der Waals surface area contributed by atoms with Crippen LogP contribution in [-0.2, 0) is 42.9 Å². The molecule has 1 aliphatic carbocycles. The number of carbonyl (C=O) groups is 4. The van der Waals surface area contributed by atoms with Gasteiger partial charge in [0.05, 0.1) is 29.8 Å². The fourth-order valence-corrected chi connectivity index (χ4v) is 9.69. The van der Waals surface area contributed by atoms with Gasteiger partial charge in [-0.15, -0.1) is 11.6 Å². The SMILES string of the molecule is CC[C@@H]1C=C(C)C[C@H](C)C[C@H](OC)[C@H]2O[C@@](O)(C(=O)C(=O)N3CCCC[C@@H]3C(=O)O[C@H](C(C)=C[C@@H]3CC[C@H](Cl)[C@H](OC)C3)[C@H](C)[C@@H](O)CC1=O)[C@H](C)C[C@H]2OC. The number of ketones is 2. The number of halogens is 1. The van der Waals surface area contributed by atoms with Gasteiger partial charge in [-0.25, -0.2) is 4.79 Å². The van der Waals surface area contributed by atoms with E-state index in [0.29, 0.717) is 44.1 Å². The van der Waals surface area contributed by atoms with Gasteiger partial charge in [0.2, 0.25) is 5.79 Å². The fraction of sp³-hybridized carbons (Fsp3) is 0.814. The van der Waals surface area contributed by atoms with Gasteiger partial charge in [-0.3, -0.25) is 14.4 Å². The van der Waals surface area contributed by atoms with Crippen molar-refractivity contribution in [1.29, 1.82) is 0 Å². The van der Waals surface area contributed by atoms with Gasteiger partial charge in [-0.1, -0.05) is 45.4 Å². The molecule has 0 unspecified atom stereocenters. The molecule has 56 heavy (non-hydrogen) atoms. The lowest BCUT2D eigenvalue weighted by Crippen LogP contribution is -2.64. The van der Waals surface area contributed by atoms with Crippen LogP contribution in [0.1, 0.15) is 112 Å². The minimum atomic E-state index is -2.49. The molecule has 3 fully saturated rings. The number of amides is 1. The summed E-state index contributed by atoms with van der Waals surface area (Å²) in [7, 11) is 4.71. The van der Waals surface area contributed by atoms with Crippen LogP contribution in [0.2, 0.25) is 0 Å². The molecule has 14 atom stereocenters. The Labute approximate surface area is 339 Å². The van der Waals surface area contributed by atoms with Gasteiger partial charge in [0.1, 0.15) is 24.0 Å². The van der Waals surface area contributed by atoms with Crippen molar-refractivity contribution < 1.29 is 53.1 Å². The van der Waals surface area contributed by atoms with Gasteiger partial charge in [0.25, 0.3) is 11.7 Å². The number of aliphatic hydroxyl groups excluding tert-OH is 1. The van der Waals surface area contributed by atoms with Crippen LogP contribution in [0, 0.1) is 29.6 Å². The first-order chi connectivity index (χ1) is 26.5. The summed E-state index contributed by atoms with van der Waals surface area (Å²) >= 11 is 6.52. The van der Waals surface area contributed by atoms with E-state index in [1.165, 1.54) is 19.1 Å². The van der Waals surface area contributed by atoms with Gasteiger partial charge < -0.3 is 38.8 Å². The number of ether oxygens (including phenoxy) is 5. The van der Waals surface area contributed by atoms with Crippen LogP contribution in [0.3, 0.4) is 0 Å². The van der Waals surface area contributed by atoms with E-state index in [-0.39, 0.29) is 54.9 Å². The van der Waals surface area contributed by atoms with Crippen molar-refractivity contribution in [2.24, 2.45) is 29.6 Å². The van der Waals surface area contributed by atoms with Crippen LogP contribution in [0.15, 0.2) is 23.3 Å². The Bertz CT molecular complexity index is 1440. The lowest BCUT2D eigenvalue weighted by atomic mass is 9.82. The average Bonchev–Trinajstić information content (AvgIpc) is 3.18. The van der Waals surface area contributed by atoms with Crippen LogP contribution in [-0.4, -0.2) is 120 Å². The number of hydrogen-bond donors (Lipinski definition) is 2. The largest absolute Gasteiger partial charge is 0.456 e. The molecule has 0 aromatic heterocycles. The predicted molar refractivity (Wildman–Crippen MR) is 212 cm³/mol. The normalized spacial score (nSPS) is 40.6. The molecule has 1 saturated carbocycles. The van der Waals surface area contributed by atoms with E-state index in [4.69, 9.17) is 35.3 Å². The van der Waals surface area contributed by atoms with E-state index < -0.39 is 77.8 Å². The van der Waals surface area contributed by atoms with E-state index in [1.807, 2.05) is 32.9 Å². The summed E-state index contributed by atoms with van der Waals surface area (Å²) in [5.41, 5.74) is 1.71. The Morgan fingerprint density at radius 2 is 1.62 bits per heavy atom. The van der Waals surface area contributed by atoms with E-state index in [1.54, 1.807) is 21.0 Å². The summed E-state index contributed by atoms with van der Waals surface area (Å²) in [6, 6.07) is -1.12. The average molecular weight is 810 g/mol. The number of Topliss-reactive ketones (excluding diaryl/α,β-unsaturated/α-hetero) is 2. The Hall–Kier alpha value is -2.19. The summed E-state index contributed by atoms with van der Waals surface area (Å²) in [4.78, 5) is 57.7.